The summed E-state index contributed by atoms with van der Waals surface area (Å²) in [5.41, 5.74) is 6.70. The third kappa shape index (κ3) is 25.0. The number of nitrogens with zero attached hydrogens (tertiary/aromatic N) is 3. The monoisotopic (exact) mass is 1560 g/mol. The zero-order valence-corrected chi connectivity index (χ0v) is 62.0. The zero-order chi connectivity index (χ0) is 62.4. The molecule has 8 aromatic carbocycles. The molecular formula is C77H81Br2Cl2N3P2PdSn. The summed E-state index contributed by atoms with van der Waals surface area (Å²) in [5, 5.41) is 8.39. The van der Waals surface area contributed by atoms with Crippen molar-refractivity contribution in [2.24, 2.45) is 0 Å². The third-order valence-electron chi connectivity index (χ3n) is 14.3. The summed E-state index contributed by atoms with van der Waals surface area (Å²) in [4.78, 5) is 13.6. The summed E-state index contributed by atoms with van der Waals surface area (Å²) in [5.74, 6) is 0. The van der Waals surface area contributed by atoms with Gasteiger partial charge in [-0.25, -0.2) is 0 Å². The minimum atomic E-state index is -2.21. The van der Waals surface area contributed by atoms with Gasteiger partial charge in [0.15, 0.2) is 0 Å². The fourth-order valence-corrected chi connectivity index (χ4v) is 31.7. The summed E-state index contributed by atoms with van der Waals surface area (Å²) in [6, 6.07) is 95.8. The van der Waals surface area contributed by atoms with Crippen LogP contribution in [0.1, 0.15) is 70.4 Å². The first-order chi connectivity index (χ1) is 43.1. The number of hydrogen-bond donors (Lipinski definition) is 0. The van der Waals surface area contributed by atoms with Crippen molar-refractivity contribution < 1.29 is 15.9 Å². The molecule has 0 N–H and O–H groups in total. The fraction of sp³-hybridized carbons (Fsp3) is 0.182. The molecule has 0 saturated carbocycles. The van der Waals surface area contributed by atoms with Gasteiger partial charge in [-0.1, -0.05) is 226 Å². The van der Waals surface area contributed by atoms with E-state index in [0.29, 0.717) is 0 Å². The molecule has 11 rings (SSSR count). The number of benzene rings is 8. The van der Waals surface area contributed by atoms with Crippen LogP contribution in [0.2, 0.25) is 13.3 Å². The van der Waals surface area contributed by atoms with Crippen LogP contribution in [-0.4, -0.2) is 33.3 Å². The maximum absolute atomic E-state index is 4.81. The van der Waals surface area contributed by atoms with Gasteiger partial charge in [-0.2, -0.15) is 0 Å². The summed E-state index contributed by atoms with van der Waals surface area (Å²) in [7, 11) is 8.74. The molecule has 3 heterocycles. The van der Waals surface area contributed by atoms with E-state index in [9.17, 15) is 0 Å². The van der Waals surface area contributed by atoms with Gasteiger partial charge in [0.05, 0.1) is 11.4 Å². The number of hydrogen-bond acceptors (Lipinski definition) is 3. The van der Waals surface area contributed by atoms with Gasteiger partial charge in [-0.05, 0) is 133 Å². The SMILES string of the molecule is CCC[CH2][Sn]([CH2]CCC)([CH2]CCC)[c]1ccccn1.Cc1cc(-c2ccccn2)cc(-c2ccccn2)c1.Cc1cc(Br)cc(Br)c1.[Cl][Pd][Cl].c1ccc(P(c2ccccc2)c2ccccc2)cc1.c1ccc(P(c2ccccc2)c2ccccc2)cc1. The molecule has 0 radical (unpaired) electrons. The van der Waals surface area contributed by atoms with Gasteiger partial charge in [0.25, 0.3) is 0 Å². The molecule has 0 aliphatic carbocycles. The van der Waals surface area contributed by atoms with Crippen LogP contribution in [0.15, 0.2) is 301 Å². The van der Waals surface area contributed by atoms with E-state index in [0.717, 1.165) is 31.5 Å². The molecule has 0 amide bonds. The van der Waals surface area contributed by atoms with Crippen molar-refractivity contribution in [3.63, 3.8) is 0 Å². The van der Waals surface area contributed by atoms with Gasteiger partial charge >= 0.3 is 159 Å². The van der Waals surface area contributed by atoms with Gasteiger partial charge in [0, 0.05) is 32.5 Å². The number of aryl methyl sites for hydroxylation is 2. The topological polar surface area (TPSA) is 38.7 Å². The second-order valence-electron chi connectivity index (χ2n) is 21.0. The van der Waals surface area contributed by atoms with Crippen molar-refractivity contribution in [1.82, 2.24) is 15.0 Å². The zero-order valence-electron chi connectivity index (χ0n) is 51.1. The minimum absolute atomic E-state index is 0.106. The number of unbranched alkanes of at least 4 members (excludes halogenated alkanes) is 3. The van der Waals surface area contributed by atoms with Gasteiger partial charge in [-0.3, -0.25) is 9.97 Å². The third-order valence-corrected chi connectivity index (χ3v) is 35.3. The molecule has 0 unspecified atom stereocenters. The van der Waals surface area contributed by atoms with E-state index in [1.165, 1.54) is 94.8 Å². The average molecular weight is 1570 g/mol. The predicted octanol–water partition coefficient (Wildman–Crippen LogP) is 21.0. The van der Waals surface area contributed by atoms with Crippen LogP contribution < -0.4 is 35.5 Å². The largest absolute Gasteiger partial charge is 0.0622 e. The first kappa shape index (κ1) is 72.1. The average Bonchev–Trinajstić information content (AvgIpc) is 3.30. The number of pyridine rings is 3. The van der Waals surface area contributed by atoms with E-state index in [1.807, 2.05) is 61.1 Å². The Morgan fingerprint density at radius 2 is 0.625 bits per heavy atom. The van der Waals surface area contributed by atoms with Crippen molar-refractivity contribution in [3.05, 3.63) is 312 Å². The molecule has 0 bridgehead atoms. The first-order valence-corrected chi connectivity index (χ1v) is 45.9. The van der Waals surface area contributed by atoms with Crippen molar-refractivity contribution >= 4 is 121 Å². The van der Waals surface area contributed by atoms with E-state index in [-0.39, 0.29) is 15.9 Å². The quantitative estimate of drug-likeness (QED) is 0.0635. The van der Waals surface area contributed by atoms with Crippen LogP contribution in [-0.2, 0) is 15.9 Å². The summed E-state index contributed by atoms with van der Waals surface area (Å²) >= 11 is 4.45. The van der Waals surface area contributed by atoms with E-state index in [4.69, 9.17) is 24.0 Å². The standard InChI is InChI=1S/2C18H15P.C17H14N2.C7H6Br2.C5H4N.3C4H9.2ClH.Pd.Sn/c2*1-4-10-16(11-5-1)19(17-12-6-2-7-13-17)18-14-8-3-9-15-18;1-13-10-14(16-6-2-4-8-18-16)12-15(11-13)17-7-3-5-9-19-17;1-5-2-6(8)4-7(9)3-5;1-2-4-6-5-3-1;3*1-3-4-2;;;;/h2*1-15H;2-12H,1H3;2-4H,1H3;1-4H;3*1,3-4H2,2H3;2*1H;;/q;;;;;;;;;;+2;/p-2. The molecule has 0 fully saturated rings. The Morgan fingerprint density at radius 3 is 0.875 bits per heavy atom. The molecule has 0 spiro atoms. The molecule has 0 aliphatic rings. The van der Waals surface area contributed by atoms with Crippen LogP contribution in [0.5, 0.6) is 0 Å². The predicted molar refractivity (Wildman–Crippen MR) is 395 cm³/mol. The Kier molecular flexibility index (Phi) is 34.6. The van der Waals surface area contributed by atoms with E-state index < -0.39 is 34.2 Å². The second kappa shape index (κ2) is 42.2. The fourth-order valence-electron chi connectivity index (χ4n) is 10.2. The number of aromatic nitrogens is 3. The van der Waals surface area contributed by atoms with Crippen LogP contribution >= 0.6 is 66.8 Å². The van der Waals surface area contributed by atoms with E-state index in [1.54, 1.807) is 3.71 Å². The maximum Gasteiger partial charge on any atom is -0.0134 e. The molecule has 3 aromatic heterocycles. The van der Waals surface area contributed by atoms with Crippen LogP contribution in [0.25, 0.3) is 22.5 Å². The van der Waals surface area contributed by atoms with Crippen LogP contribution in [0, 0.1) is 13.8 Å². The molecular weight excluding hydrogens is 1480 g/mol. The molecule has 0 saturated heterocycles. The van der Waals surface area contributed by atoms with Gasteiger partial charge in [0.2, 0.25) is 0 Å². The Morgan fingerprint density at radius 1 is 0.352 bits per heavy atom. The van der Waals surface area contributed by atoms with Crippen molar-refractivity contribution in [1.29, 1.82) is 0 Å². The smallest absolute Gasteiger partial charge is 0.0134 e. The number of rotatable bonds is 18. The molecule has 456 valence electrons. The Hall–Kier alpha value is -4.93. The summed E-state index contributed by atoms with van der Waals surface area (Å²) in [6.45, 7) is 11.1. The Bertz CT molecular complexity index is 3140. The summed E-state index contributed by atoms with van der Waals surface area (Å²) in [6.07, 6.45) is 13.9. The summed E-state index contributed by atoms with van der Waals surface area (Å²) < 4.78 is 8.34. The Labute approximate surface area is 566 Å². The van der Waals surface area contributed by atoms with Crippen molar-refractivity contribution in [3.8, 4) is 22.5 Å². The van der Waals surface area contributed by atoms with Gasteiger partial charge in [-0.15, -0.1) is 0 Å². The number of halogens is 4. The normalized spacial score (nSPS) is 10.6. The first-order valence-electron chi connectivity index (χ1n) is 30.1. The Balaban J connectivity index is 0.000000176. The molecule has 11 heteroatoms. The molecule has 11 aromatic rings. The second-order valence-corrected chi connectivity index (χ2v) is 42.7. The van der Waals surface area contributed by atoms with E-state index >= 15 is 0 Å². The van der Waals surface area contributed by atoms with Crippen LogP contribution in [0.3, 0.4) is 0 Å². The van der Waals surface area contributed by atoms with Gasteiger partial charge in [0.1, 0.15) is 0 Å². The maximum atomic E-state index is 4.81. The minimum Gasteiger partial charge on any atom is -0.0622 e. The molecule has 0 atom stereocenters. The van der Waals surface area contributed by atoms with Crippen LogP contribution in [0.4, 0.5) is 0 Å². The van der Waals surface area contributed by atoms with E-state index in [2.05, 4.69) is 307 Å². The molecule has 0 aliphatic heterocycles. The van der Waals surface area contributed by atoms with Crippen molar-refractivity contribution in [2.45, 2.75) is 86.5 Å². The molecule has 88 heavy (non-hydrogen) atoms. The molecule has 3 nitrogen and oxygen atoms in total. The van der Waals surface area contributed by atoms with Gasteiger partial charge < -0.3 is 0 Å². The van der Waals surface area contributed by atoms with Crippen molar-refractivity contribution in [2.75, 3.05) is 0 Å².